The van der Waals surface area contributed by atoms with E-state index in [1.807, 2.05) is 17.5 Å². The Balaban J connectivity index is 2.36. The van der Waals surface area contributed by atoms with E-state index < -0.39 is 0 Å². The summed E-state index contributed by atoms with van der Waals surface area (Å²) in [5.74, 6) is 5.26. The summed E-state index contributed by atoms with van der Waals surface area (Å²) < 4.78 is 14.1. The fourth-order valence-corrected chi connectivity index (χ4v) is 3.04. The summed E-state index contributed by atoms with van der Waals surface area (Å²) in [4.78, 5) is 1.04. The number of nitrogens with two attached hydrogens (primary N) is 1. The molecule has 2 nitrogen and oxygen atoms in total. The fraction of sp³-hybridized carbons (Fsp3) is 0.0909. The minimum atomic E-state index is -0.256. The van der Waals surface area contributed by atoms with Crippen LogP contribution in [-0.2, 0) is 0 Å². The molecule has 0 spiro atoms. The van der Waals surface area contributed by atoms with E-state index in [0.717, 1.165) is 14.9 Å². The zero-order valence-electron chi connectivity index (χ0n) is 8.28. The highest BCUT2D eigenvalue weighted by Crippen LogP contribution is 2.29. The normalized spacial score (nSPS) is 12.7. The van der Waals surface area contributed by atoms with Crippen LogP contribution < -0.4 is 11.3 Å². The maximum atomic E-state index is 13.1. The van der Waals surface area contributed by atoms with Crippen molar-refractivity contribution in [2.75, 3.05) is 0 Å². The molecule has 0 aliphatic rings. The summed E-state index contributed by atoms with van der Waals surface area (Å²) in [5, 5.41) is 1.97. The molecule has 5 heteroatoms. The van der Waals surface area contributed by atoms with Gasteiger partial charge >= 0.3 is 0 Å². The van der Waals surface area contributed by atoms with Crippen molar-refractivity contribution < 1.29 is 4.39 Å². The Morgan fingerprint density at radius 3 is 2.75 bits per heavy atom. The van der Waals surface area contributed by atoms with E-state index in [1.54, 1.807) is 17.4 Å². The molecule has 1 heterocycles. The molecule has 0 amide bonds. The van der Waals surface area contributed by atoms with E-state index in [9.17, 15) is 4.39 Å². The van der Waals surface area contributed by atoms with Crippen LogP contribution in [0, 0.1) is 5.82 Å². The number of hydrogen-bond acceptors (Lipinski definition) is 3. The maximum Gasteiger partial charge on any atom is 0.123 e. The van der Waals surface area contributed by atoms with Crippen LogP contribution in [0.5, 0.6) is 0 Å². The van der Waals surface area contributed by atoms with Gasteiger partial charge in [0, 0.05) is 14.7 Å². The number of thiophene rings is 1. The molecule has 3 N–H and O–H groups in total. The molecule has 16 heavy (non-hydrogen) atoms. The van der Waals surface area contributed by atoms with Gasteiger partial charge in [-0.3, -0.25) is 5.84 Å². The van der Waals surface area contributed by atoms with Crippen LogP contribution in [0.3, 0.4) is 0 Å². The van der Waals surface area contributed by atoms with E-state index in [1.165, 1.54) is 12.1 Å². The summed E-state index contributed by atoms with van der Waals surface area (Å²) in [6.07, 6.45) is 0. The van der Waals surface area contributed by atoms with Gasteiger partial charge in [0.2, 0.25) is 0 Å². The molecule has 2 aromatic rings. The molecule has 1 aromatic carbocycles. The first-order valence-electron chi connectivity index (χ1n) is 4.66. The van der Waals surface area contributed by atoms with Crippen LogP contribution >= 0.6 is 27.3 Å². The molecule has 0 aliphatic heterocycles. The minimum Gasteiger partial charge on any atom is -0.271 e. The second kappa shape index (κ2) is 5.05. The van der Waals surface area contributed by atoms with Crippen molar-refractivity contribution in [2.45, 2.75) is 6.04 Å². The van der Waals surface area contributed by atoms with Crippen molar-refractivity contribution in [3.63, 3.8) is 0 Å². The number of hydrazine groups is 1. The Labute approximate surface area is 105 Å². The minimum absolute atomic E-state index is 0.174. The first-order chi connectivity index (χ1) is 7.70. The van der Waals surface area contributed by atoms with Crippen LogP contribution in [0.2, 0.25) is 0 Å². The first-order valence-corrected chi connectivity index (χ1v) is 6.33. The second-order valence-corrected chi connectivity index (χ2v) is 5.18. The van der Waals surface area contributed by atoms with Gasteiger partial charge < -0.3 is 0 Å². The molecule has 1 atom stereocenters. The summed E-state index contributed by atoms with van der Waals surface area (Å²) in [7, 11) is 0. The Bertz CT molecular complexity index is 486. The van der Waals surface area contributed by atoms with E-state index in [4.69, 9.17) is 5.84 Å². The summed E-state index contributed by atoms with van der Waals surface area (Å²) in [6.45, 7) is 0. The SMILES string of the molecule is NNC(c1cccc(F)c1)c1cc(Br)cs1. The van der Waals surface area contributed by atoms with E-state index in [-0.39, 0.29) is 11.9 Å². The second-order valence-electron chi connectivity index (χ2n) is 3.32. The third-order valence-electron chi connectivity index (χ3n) is 2.22. The molecule has 0 radical (unpaired) electrons. The predicted octanol–water partition coefficient (Wildman–Crippen LogP) is 3.20. The lowest BCUT2D eigenvalue weighted by Gasteiger charge is -2.14. The topological polar surface area (TPSA) is 38.0 Å². The number of halogens is 2. The largest absolute Gasteiger partial charge is 0.271 e. The molecule has 0 fully saturated rings. The van der Waals surface area contributed by atoms with Gasteiger partial charge in [-0.05, 0) is 39.7 Å². The lowest BCUT2D eigenvalue weighted by Crippen LogP contribution is -2.28. The van der Waals surface area contributed by atoms with Crippen molar-refractivity contribution >= 4 is 27.3 Å². The van der Waals surface area contributed by atoms with E-state index in [0.29, 0.717) is 0 Å². The number of benzene rings is 1. The van der Waals surface area contributed by atoms with E-state index >= 15 is 0 Å². The van der Waals surface area contributed by atoms with Crippen molar-refractivity contribution in [1.29, 1.82) is 0 Å². The number of nitrogens with one attached hydrogen (secondary N) is 1. The third-order valence-corrected chi connectivity index (χ3v) is 3.98. The molecule has 1 aromatic heterocycles. The molecule has 84 valence electrons. The van der Waals surface area contributed by atoms with Crippen molar-refractivity contribution in [2.24, 2.45) is 5.84 Å². The van der Waals surface area contributed by atoms with Crippen LogP contribution in [-0.4, -0.2) is 0 Å². The highest BCUT2D eigenvalue weighted by molar-refractivity contribution is 9.10. The monoisotopic (exact) mass is 300 g/mol. The summed E-state index contributed by atoms with van der Waals surface area (Å²) >= 11 is 4.96. The molecule has 0 aliphatic carbocycles. The van der Waals surface area contributed by atoms with Crippen LogP contribution in [0.1, 0.15) is 16.5 Å². The third kappa shape index (κ3) is 2.49. The molecular weight excluding hydrogens is 291 g/mol. The van der Waals surface area contributed by atoms with Crippen LogP contribution in [0.25, 0.3) is 0 Å². The molecule has 0 bridgehead atoms. The summed E-state index contributed by atoms with van der Waals surface area (Å²) in [5.41, 5.74) is 3.51. The zero-order chi connectivity index (χ0) is 11.5. The van der Waals surface area contributed by atoms with Gasteiger partial charge in [-0.1, -0.05) is 12.1 Å². The number of hydrogen-bond donors (Lipinski definition) is 2. The average molecular weight is 301 g/mol. The fourth-order valence-electron chi connectivity index (χ4n) is 1.51. The predicted molar refractivity (Wildman–Crippen MR) is 67.6 cm³/mol. The van der Waals surface area contributed by atoms with Gasteiger partial charge in [0.05, 0.1) is 6.04 Å². The van der Waals surface area contributed by atoms with Crippen molar-refractivity contribution in [1.82, 2.24) is 5.43 Å². The van der Waals surface area contributed by atoms with Gasteiger partial charge in [-0.2, -0.15) is 0 Å². The smallest absolute Gasteiger partial charge is 0.123 e. The zero-order valence-corrected chi connectivity index (χ0v) is 10.7. The standard InChI is InChI=1S/C11H10BrFN2S/c12-8-5-10(16-6-8)11(15-14)7-2-1-3-9(13)4-7/h1-6,11,15H,14H2. The van der Waals surface area contributed by atoms with Crippen molar-refractivity contribution in [3.8, 4) is 0 Å². The molecular formula is C11H10BrFN2S. The molecule has 0 saturated heterocycles. The van der Waals surface area contributed by atoms with E-state index in [2.05, 4.69) is 21.4 Å². The highest BCUT2D eigenvalue weighted by atomic mass is 79.9. The lowest BCUT2D eigenvalue weighted by atomic mass is 10.1. The van der Waals surface area contributed by atoms with Gasteiger partial charge in [0.1, 0.15) is 5.82 Å². The highest BCUT2D eigenvalue weighted by Gasteiger charge is 2.14. The Morgan fingerprint density at radius 2 is 2.19 bits per heavy atom. The lowest BCUT2D eigenvalue weighted by molar-refractivity contribution is 0.608. The molecule has 2 rings (SSSR count). The average Bonchev–Trinajstić information content (AvgIpc) is 2.66. The van der Waals surface area contributed by atoms with Gasteiger partial charge in [0.15, 0.2) is 0 Å². The maximum absolute atomic E-state index is 13.1. The first kappa shape index (κ1) is 11.7. The molecule has 1 unspecified atom stereocenters. The van der Waals surface area contributed by atoms with Gasteiger partial charge in [-0.25, -0.2) is 9.82 Å². The quantitative estimate of drug-likeness (QED) is 0.675. The Morgan fingerprint density at radius 1 is 1.38 bits per heavy atom. The summed E-state index contributed by atoms with van der Waals surface area (Å²) in [6, 6.07) is 8.23. The Kier molecular flexibility index (Phi) is 3.70. The van der Waals surface area contributed by atoms with Gasteiger partial charge in [-0.15, -0.1) is 11.3 Å². The number of rotatable bonds is 3. The van der Waals surface area contributed by atoms with Crippen molar-refractivity contribution in [3.05, 3.63) is 56.4 Å². The van der Waals surface area contributed by atoms with Gasteiger partial charge in [0.25, 0.3) is 0 Å². The van der Waals surface area contributed by atoms with Crippen LogP contribution in [0.15, 0.2) is 40.2 Å². The van der Waals surface area contributed by atoms with Crippen LogP contribution in [0.4, 0.5) is 4.39 Å². The molecule has 0 saturated carbocycles. The Hall–Kier alpha value is -0.750.